The van der Waals surface area contributed by atoms with Crippen LogP contribution in [0.1, 0.15) is 30.1 Å². The molecule has 0 bridgehead atoms. The molecule has 1 amide bonds. The van der Waals surface area contributed by atoms with E-state index in [4.69, 9.17) is 4.52 Å². The summed E-state index contributed by atoms with van der Waals surface area (Å²) in [5.74, 6) is -1.52. The lowest BCUT2D eigenvalue weighted by Crippen LogP contribution is -2.46. The summed E-state index contributed by atoms with van der Waals surface area (Å²) in [7, 11) is 0. The molecule has 2 atom stereocenters. The number of hydrogen-bond donors (Lipinski definition) is 2. The van der Waals surface area contributed by atoms with Crippen molar-refractivity contribution in [2.75, 3.05) is 6.54 Å². The zero-order valence-corrected chi connectivity index (χ0v) is 12.7. The molecule has 1 aliphatic heterocycles. The number of carboxylic acid groups (broad SMARTS) is 1. The molecule has 1 aromatic heterocycles. The van der Waals surface area contributed by atoms with Crippen LogP contribution in [0.5, 0.6) is 0 Å². The molecule has 0 unspecified atom stereocenters. The molecule has 2 N–H and O–H groups in total. The lowest BCUT2D eigenvalue weighted by Gasteiger charge is -2.37. The molecule has 1 aromatic carbocycles. The molecule has 0 radical (unpaired) electrons. The predicted octanol–water partition coefficient (Wildman–Crippen LogP) is 2.71. The first-order chi connectivity index (χ1) is 11.4. The van der Waals surface area contributed by atoms with Gasteiger partial charge < -0.3 is 14.5 Å². The number of likely N-dealkylation sites (tertiary alicyclic amines) is 1. The van der Waals surface area contributed by atoms with Gasteiger partial charge >= 0.3 is 6.09 Å². The van der Waals surface area contributed by atoms with E-state index in [0.29, 0.717) is 24.2 Å². The number of aromatic nitrogens is 1. The molecule has 2 aromatic rings. The number of hydrogen-bond acceptors (Lipinski definition) is 3. The van der Waals surface area contributed by atoms with Crippen molar-refractivity contribution >= 4 is 6.09 Å². The molecule has 1 aliphatic rings. The number of piperidine rings is 1. The first-order valence-corrected chi connectivity index (χ1v) is 7.56. The van der Waals surface area contributed by atoms with Gasteiger partial charge in [0.25, 0.3) is 5.56 Å². The van der Waals surface area contributed by atoms with Gasteiger partial charge in [-0.05, 0) is 37.0 Å². The molecule has 6 nitrogen and oxygen atoms in total. The molecule has 8 heteroatoms. The highest BCUT2D eigenvalue weighted by molar-refractivity contribution is 5.65. The Morgan fingerprint density at radius 2 is 2.12 bits per heavy atom. The van der Waals surface area contributed by atoms with Gasteiger partial charge in [-0.2, -0.15) is 5.16 Å². The minimum Gasteiger partial charge on any atom is -0.465 e. The minimum atomic E-state index is -1.06. The monoisotopic (exact) mass is 338 g/mol. The Bertz CT molecular complexity index is 801. The molecule has 1 fully saturated rings. The molecule has 0 spiro atoms. The van der Waals surface area contributed by atoms with E-state index in [2.05, 4.69) is 5.16 Å². The van der Waals surface area contributed by atoms with Crippen LogP contribution in [0.2, 0.25) is 0 Å². The zero-order chi connectivity index (χ0) is 17.3. The highest BCUT2D eigenvalue weighted by atomic mass is 19.2. The zero-order valence-electron chi connectivity index (χ0n) is 12.7. The topological polar surface area (TPSA) is 86.5 Å². The Labute approximate surface area is 135 Å². The second kappa shape index (κ2) is 6.46. The second-order valence-corrected chi connectivity index (χ2v) is 5.92. The molecule has 3 rings (SSSR count). The number of H-pyrrole nitrogens is 1. The van der Waals surface area contributed by atoms with Crippen molar-refractivity contribution in [2.45, 2.75) is 31.2 Å². The average Bonchev–Trinajstić information content (AvgIpc) is 2.97. The van der Waals surface area contributed by atoms with Crippen molar-refractivity contribution < 1.29 is 23.2 Å². The summed E-state index contributed by atoms with van der Waals surface area (Å²) in [4.78, 5) is 23.9. The summed E-state index contributed by atoms with van der Waals surface area (Å²) >= 11 is 0. The lowest BCUT2D eigenvalue weighted by atomic mass is 9.86. The summed E-state index contributed by atoms with van der Waals surface area (Å²) in [5, 5.41) is 11.6. The Morgan fingerprint density at radius 3 is 2.75 bits per heavy atom. The number of benzene rings is 1. The lowest BCUT2D eigenvalue weighted by molar-refractivity contribution is 0.0968. The number of halogens is 2. The highest BCUT2D eigenvalue weighted by Gasteiger charge is 2.34. The van der Waals surface area contributed by atoms with E-state index in [1.54, 1.807) is 0 Å². The van der Waals surface area contributed by atoms with Crippen molar-refractivity contribution in [2.24, 2.45) is 0 Å². The Morgan fingerprint density at radius 1 is 1.33 bits per heavy atom. The molecule has 128 valence electrons. The van der Waals surface area contributed by atoms with Crippen LogP contribution in [-0.2, 0) is 6.42 Å². The first-order valence-electron chi connectivity index (χ1n) is 7.56. The summed E-state index contributed by atoms with van der Waals surface area (Å²) in [5.41, 5.74) is 0.171. The van der Waals surface area contributed by atoms with E-state index in [0.717, 1.165) is 12.1 Å². The molecule has 1 saturated heterocycles. The smallest absolute Gasteiger partial charge is 0.407 e. The van der Waals surface area contributed by atoms with Crippen molar-refractivity contribution in [3.05, 3.63) is 57.6 Å². The van der Waals surface area contributed by atoms with E-state index in [1.807, 2.05) is 0 Å². The Kier molecular flexibility index (Phi) is 4.37. The van der Waals surface area contributed by atoms with Crippen LogP contribution in [0.15, 0.2) is 33.6 Å². The molecular weight excluding hydrogens is 322 g/mol. The van der Waals surface area contributed by atoms with Gasteiger partial charge in [0.05, 0.1) is 0 Å². The number of amides is 1. The quantitative estimate of drug-likeness (QED) is 0.901. The third kappa shape index (κ3) is 3.32. The predicted molar refractivity (Wildman–Crippen MR) is 79.9 cm³/mol. The van der Waals surface area contributed by atoms with Crippen LogP contribution in [-0.4, -0.2) is 33.8 Å². The van der Waals surface area contributed by atoms with E-state index in [-0.39, 0.29) is 24.4 Å². The third-order valence-corrected chi connectivity index (χ3v) is 4.36. The molecular formula is C16H16F2N2O4. The first kappa shape index (κ1) is 16.2. The van der Waals surface area contributed by atoms with Gasteiger partial charge in [-0.1, -0.05) is 6.07 Å². The molecule has 0 aliphatic carbocycles. The summed E-state index contributed by atoms with van der Waals surface area (Å²) in [6, 6.07) is 4.50. The SMILES string of the molecule is O=C(O)N1CC[C@@H](c2cc(=O)[nH]o2)C[C@H]1Cc1ccc(F)c(F)c1. The standard InChI is InChI=1S/C16H16F2N2O4/c17-12-2-1-9(6-13(12)18)5-11-7-10(3-4-20(11)16(22)23)14-8-15(21)19-24-14/h1-2,6,8,10-11H,3-5,7H2,(H,19,21)(H,22,23)/t10-,11-/m1/s1. The van der Waals surface area contributed by atoms with E-state index < -0.39 is 23.8 Å². The van der Waals surface area contributed by atoms with Crippen molar-refractivity contribution in [3.8, 4) is 0 Å². The maximum absolute atomic E-state index is 13.4. The molecule has 0 saturated carbocycles. The van der Waals surface area contributed by atoms with Gasteiger partial charge in [-0.3, -0.25) is 4.79 Å². The third-order valence-electron chi connectivity index (χ3n) is 4.36. The summed E-state index contributed by atoms with van der Waals surface area (Å²) in [6.45, 7) is 0.281. The fourth-order valence-corrected chi connectivity index (χ4v) is 3.19. The molecule has 24 heavy (non-hydrogen) atoms. The normalized spacial score (nSPS) is 21.0. The number of aromatic amines is 1. The van der Waals surface area contributed by atoms with Gasteiger partial charge in [-0.15, -0.1) is 0 Å². The van der Waals surface area contributed by atoms with Crippen LogP contribution in [0, 0.1) is 11.6 Å². The Hall–Kier alpha value is -2.64. The highest BCUT2D eigenvalue weighted by Crippen LogP contribution is 2.32. The second-order valence-electron chi connectivity index (χ2n) is 5.92. The summed E-state index contributed by atoms with van der Waals surface area (Å²) in [6.07, 6.45) is 0.166. The van der Waals surface area contributed by atoms with E-state index in [9.17, 15) is 23.5 Å². The summed E-state index contributed by atoms with van der Waals surface area (Å²) < 4.78 is 31.5. The number of carbonyl (C=O) groups is 1. The van der Waals surface area contributed by atoms with Gasteiger partial charge in [0.2, 0.25) is 0 Å². The van der Waals surface area contributed by atoms with Crippen LogP contribution in [0.3, 0.4) is 0 Å². The van der Waals surface area contributed by atoms with Gasteiger partial charge in [-0.25, -0.2) is 13.6 Å². The van der Waals surface area contributed by atoms with Gasteiger partial charge in [0.15, 0.2) is 11.6 Å². The van der Waals surface area contributed by atoms with Crippen molar-refractivity contribution in [1.29, 1.82) is 0 Å². The van der Waals surface area contributed by atoms with E-state index >= 15 is 0 Å². The van der Waals surface area contributed by atoms with Crippen LogP contribution >= 0.6 is 0 Å². The van der Waals surface area contributed by atoms with Crippen LogP contribution in [0.25, 0.3) is 0 Å². The van der Waals surface area contributed by atoms with Crippen molar-refractivity contribution in [3.63, 3.8) is 0 Å². The fourth-order valence-electron chi connectivity index (χ4n) is 3.19. The maximum Gasteiger partial charge on any atom is 0.407 e. The number of nitrogens with one attached hydrogen (secondary N) is 1. The van der Waals surface area contributed by atoms with Crippen LogP contribution < -0.4 is 5.56 Å². The fraction of sp³-hybridized carbons (Fsp3) is 0.375. The number of nitrogens with zero attached hydrogens (tertiary/aromatic N) is 1. The largest absolute Gasteiger partial charge is 0.465 e. The number of rotatable bonds is 3. The van der Waals surface area contributed by atoms with E-state index in [1.165, 1.54) is 17.0 Å². The average molecular weight is 338 g/mol. The Balaban J connectivity index is 1.81. The van der Waals surface area contributed by atoms with Gasteiger partial charge in [0.1, 0.15) is 5.76 Å². The van der Waals surface area contributed by atoms with Crippen LogP contribution in [0.4, 0.5) is 13.6 Å². The minimum absolute atomic E-state index is 0.102. The maximum atomic E-state index is 13.4. The van der Waals surface area contributed by atoms with Gasteiger partial charge in [0, 0.05) is 24.6 Å². The molecule has 2 heterocycles. The van der Waals surface area contributed by atoms with Crippen molar-refractivity contribution in [1.82, 2.24) is 10.1 Å².